The number of nitrogens with zero attached hydrogens (tertiary/aromatic N) is 3. The number of carbonyl (C=O) groups is 1. The fourth-order valence-electron chi connectivity index (χ4n) is 2.42. The van der Waals surface area contributed by atoms with Gasteiger partial charge in [-0.15, -0.1) is 0 Å². The van der Waals surface area contributed by atoms with Crippen LogP contribution in [-0.4, -0.2) is 39.8 Å². The molecule has 108 valence electrons. The first kappa shape index (κ1) is 13.5. The van der Waals surface area contributed by atoms with Crippen molar-refractivity contribution in [3.05, 3.63) is 23.5 Å². The number of H-pyrrole nitrogens is 1. The molecule has 0 unspecified atom stereocenters. The lowest BCUT2D eigenvalue weighted by atomic mass is 9.91. The first-order valence-corrected chi connectivity index (χ1v) is 6.76. The Labute approximate surface area is 121 Å². The van der Waals surface area contributed by atoms with E-state index in [9.17, 15) is 10.1 Å². The molecule has 7 nitrogen and oxygen atoms in total. The Balaban J connectivity index is 1.86. The van der Waals surface area contributed by atoms with Crippen molar-refractivity contribution < 1.29 is 9.53 Å². The smallest absolute Gasteiger partial charge is 0.254 e. The summed E-state index contributed by atoms with van der Waals surface area (Å²) in [5.41, 5.74) is 1.00. The van der Waals surface area contributed by atoms with Gasteiger partial charge >= 0.3 is 0 Å². The Morgan fingerprint density at radius 2 is 2.29 bits per heavy atom. The van der Waals surface area contributed by atoms with E-state index < -0.39 is 5.54 Å². The Morgan fingerprint density at radius 1 is 1.52 bits per heavy atom. The van der Waals surface area contributed by atoms with Crippen molar-refractivity contribution in [2.75, 3.05) is 13.2 Å². The molecule has 0 aliphatic carbocycles. The van der Waals surface area contributed by atoms with Gasteiger partial charge in [0.2, 0.25) is 0 Å². The maximum atomic E-state index is 12.4. The summed E-state index contributed by atoms with van der Waals surface area (Å²) in [5, 5.41) is 19.9. The quantitative estimate of drug-likeness (QED) is 0.859. The largest absolute Gasteiger partial charge is 0.381 e. The van der Waals surface area contributed by atoms with E-state index in [2.05, 4.69) is 26.6 Å². The summed E-state index contributed by atoms with van der Waals surface area (Å²) in [6.07, 6.45) is 2.47. The molecule has 0 radical (unpaired) electrons. The number of carbonyl (C=O) groups excluding carboxylic acids is 1. The summed E-state index contributed by atoms with van der Waals surface area (Å²) < 4.78 is 5.25. The number of hydrogen-bond acceptors (Lipinski definition) is 5. The number of nitrogens with one attached hydrogen (secondary N) is 2. The maximum absolute atomic E-state index is 12.4. The van der Waals surface area contributed by atoms with Crippen molar-refractivity contribution in [3.63, 3.8) is 0 Å². The highest BCUT2D eigenvalue weighted by atomic mass is 16.5. The van der Waals surface area contributed by atoms with Crippen LogP contribution < -0.4 is 5.32 Å². The molecule has 3 heterocycles. The van der Waals surface area contributed by atoms with Gasteiger partial charge in [-0.2, -0.15) is 10.4 Å². The van der Waals surface area contributed by atoms with Gasteiger partial charge in [0.05, 0.1) is 11.6 Å². The van der Waals surface area contributed by atoms with Gasteiger partial charge in [0.15, 0.2) is 5.65 Å². The number of amides is 1. The van der Waals surface area contributed by atoms with Crippen LogP contribution in [0.2, 0.25) is 0 Å². The van der Waals surface area contributed by atoms with Crippen LogP contribution in [0, 0.1) is 18.3 Å². The molecule has 0 bridgehead atoms. The lowest BCUT2D eigenvalue weighted by Gasteiger charge is -2.31. The highest BCUT2D eigenvalue weighted by molar-refractivity contribution is 5.97. The summed E-state index contributed by atoms with van der Waals surface area (Å²) in [6.45, 7) is 2.83. The minimum absolute atomic E-state index is 0.298. The second-order valence-corrected chi connectivity index (χ2v) is 5.20. The molecule has 1 amide bonds. The molecular weight excluding hydrogens is 270 g/mol. The van der Waals surface area contributed by atoms with Crippen LogP contribution in [0.15, 0.2) is 12.3 Å². The lowest BCUT2D eigenvalue weighted by molar-refractivity contribution is 0.0531. The number of ether oxygens (including phenoxy) is 1. The molecular formula is C14H15N5O2. The van der Waals surface area contributed by atoms with Gasteiger partial charge < -0.3 is 10.1 Å². The van der Waals surface area contributed by atoms with E-state index in [1.165, 1.54) is 6.20 Å². The third kappa shape index (κ3) is 2.45. The Bertz CT molecular complexity index is 725. The molecule has 2 aromatic heterocycles. The lowest BCUT2D eigenvalue weighted by Crippen LogP contribution is -2.50. The Hall–Kier alpha value is -2.46. The van der Waals surface area contributed by atoms with Gasteiger partial charge in [-0.05, 0) is 13.0 Å². The normalized spacial score (nSPS) is 17.3. The molecule has 1 aliphatic heterocycles. The second-order valence-electron chi connectivity index (χ2n) is 5.20. The first-order valence-electron chi connectivity index (χ1n) is 6.76. The number of aromatic amines is 1. The number of aryl methyl sites for hydroxylation is 1. The van der Waals surface area contributed by atoms with Crippen molar-refractivity contribution in [1.29, 1.82) is 5.26 Å². The molecule has 1 aliphatic rings. The van der Waals surface area contributed by atoms with E-state index in [0.717, 1.165) is 11.1 Å². The number of aromatic nitrogens is 3. The number of hydrogen-bond donors (Lipinski definition) is 2. The van der Waals surface area contributed by atoms with Crippen LogP contribution >= 0.6 is 0 Å². The zero-order valence-corrected chi connectivity index (χ0v) is 11.6. The summed E-state index contributed by atoms with van der Waals surface area (Å²) in [4.78, 5) is 16.5. The molecule has 1 saturated heterocycles. The Morgan fingerprint density at radius 3 is 3.00 bits per heavy atom. The van der Waals surface area contributed by atoms with Crippen molar-refractivity contribution in [2.45, 2.75) is 25.3 Å². The van der Waals surface area contributed by atoms with Crippen molar-refractivity contribution in [2.24, 2.45) is 0 Å². The molecule has 0 atom stereocenters. The predicted octanol–water partition coefficient (Wildman–Crippen LogP) is 1.07. The molecule has 7 heteroatoms. The van der Waals surface area contributed by atoms with Gasteiger partial charge in [0.25, 0.3) is 5.91 Å². The van der Waals surface area contributed by atoms with Gasteiger partial charge in [-0.25, -0.2) is 4.98 Å². The molecule has 2 N–H and O–H groups in total. The number of rotatable bonds is 2. The van der Waals surface area contributed by atoms with Gasteiger partial charge in [0, 0.05) is 43.3 Å². The highest BCUT2D eigenvalue weighted by Gasteiger charge is 2.34. The van der Waals surface area contributed by atoms with E-state index in [1.807, 2.05) is 6.92 Å². The highest BCUT2D eigenvalue weighted by Crippen LogP contribution is 2.21. The fourth-order valence-corrected chi connectivity index (χ4v) is 2.42. The number of nitriles is 1. The van der Waals surface area contributed by atoms with Crippen LogP contribution in [0.3, 0.4) is 0 Å². The van der Waals surface area contributed by atoms with E-state index >= 15 is 0 Å². The Kier molecular flexibility index (Phi) is 3.31. The molecule has 1 fully saturated rings. The zero-order chi connectivity index (χ0) is 14.9. The molecule has 0 saturated carbocycles. The summed E-state index contributed by atoms with van der Waals surface area (Å²) in [5.74, 6) is -0.298. The standard InChI is InChI=1S/C14H15N5O2/c1-9-11-6-10(7-16-12(11)19-18-9)13(20)17-14(8-15)2-4-21-5-3-14/h6-7H,2-5H2,1H3,(H,17,20)(H,16,18,19). The van der Waals surface area contributed by atoms with Gasteiger partial charge in [-0.1, -0.05) is 0 Å². The van der Waals surface area contributed by atoms with Crippen LogP contribution in [0.4, 0.5) is 0 Å². The third-order valence-corrected chi connectivity index (χ3v) is 3.78. The topological polar surface area (TPSA) is 104 Å². The third-order valence-electron chi connectivity index (χ3n) is 3.78. The summed E-state index contributed by atoms with van der Waals surface area (Å²) >= 11 is 0. The first-order chi connectivity index (χ1) is 10.1. The summed E-state index contributed by atoms with van der Waals surface area (Å²) in [6, 6.07) is 3.95. The van der Waals surface area contributed by atoms with Crippen molar-refractivity contribution >= 4 is 16.9 Å². The van der Waals surface area contributed by atoms with E-state index in [-0.39, 0.29) is 5.91 Å². The molecule has 0 aromatic carbocycles. The van der Waals surface area contributed by atoms with Crippen LogP contribution in [-0.2, 0) is 4.74 Å². The van der Waals surface area contributed by atoms with E-state index in [1.54, 1.807) is 6.07 Å². The number of fused-ring (bicyclic) bond motifs is 1. The van der Waals surface area contributed by atoms with E-state index in [4.69, 9.17) is 4.74 Å². The molecule has 2 aromatic rings. The summed E-state index contributed by atoms with van der Waals surface area (Å²) in [7, 11) is 0. The molecule has 0 spiro atoms. The molecule has 3 rings (SSSR count). The van der Waals surface area contributed by atoms with Gasteiger partial charge in [0.1, 0.15) is 5.54 Å². The predicted molar refractivity (Wildman–Crippen MR) is 74.5 cm³/mol. The van der Waals surface area contributed by atoms with Gasteiger partial charge in [-0.3, -0.25) is 9.89 Å². The SMILES string of the molecule is Cc1[nH]nc2ncc(C(=O)NC3(C#N)CCOCC3)cc12. The fraction of sp³-hybridized carbons (Fsp3) is 0.429. The second kappa shape index (κ2) is 5.14. The average Bonchev–Trinajstić information content (AvgIpc) is 2.89. The minimum Gasteiger partial charge on any atom is -0.381 e. The maximum Gasteiger partial charge on any atom is 0.254 e. The van der Waals surface area contributed by atoms with Crippen LogP contribution in [0.1, 0.15) is 28.9 Å². The van der Waals surface area contributed by atoms with Crippen molar-refractivity contribution in [3.8, 4) is 6.07 Å². The van der Waals surface area contributed by atoms with E-state index in [0.29, 0.717) is 37.3 Å². The molecule has 21 heavy (non-hydrogen) atoms. The average molecular weight is 285 g/mol. The monoisotopic (exact) mass is 285 g/mol. The minimum atomic E-state index is -0.851. The van der Waals surface area contributed by atoms with Crippen LogP contribution in [0.5, 0.6) is 0 Å². The van der Waals surface area contributed by atoms with Crippen molar-refractivity contribution in [1.82, 2.24) is 20.5 Å². The zero-order valence-electron chi connectivity index (χ0n) is 11.6. The number of pyridine rings is 1. The van der Waals surface area contributed by atoms with Crippen LogP contribution in [0.25, 0.3) is 11.0 Å².